The largest absolute Gasteiger partial charge is 0.423 e. The standard InChI is InChI=1S/C28H36F3N3O6/c1-19(2)26(39-25(35)24(32)21-9-5-4-6-10-21)40-27(36)33-16-18-38-34-23(11-7-8-17-37-3)20-12-14-22(15-13-20)28(29,30)31/h4-6,9-10,12-15,19,24,26H,7-8,11,16-18,32H2,1-3H3,(H,33,36)/b34-23+. The fraction of sp³-hybridized carbons (Fsp3) is 0.464. The van der Waals surface area contributed by atoms with E-state index in [2.05, 4.69) is 10.5 Å². The molecule has 0 saturated heterocycles. The monoisotopic (exact) mass is 567 g/mol. The van der Waals surface area contributed by atoms with Crippen molar-refractivity contribution in [2.75, 3.05) is 26.9 Å². The number of nitrogens with one attached hydrogen (secondary N) is 1. The molecule has 1 amide bonds. The maximum atomic E-state index is 12.9. The Labute approximate surface area is 231 Å². The molecule has 0 saturated carbocycles. The average Bonchev–Trinajstić information content (AvgIpc) is 2.93. The molecule has 2 aromatic carbocycles. The highest BCUT2D eigenvalue weighted by atomic mass is 19.4. The molecule has 2 rings (SSSR count). The molecule has 0 spiro atoms. The van der Waals surface area contributed by atoms with E-state index in [9.17, 15) is 22.8 Å². The Kier molecular flexibility index (Phi) is 13.4. The lowest BCUT2D eigenvalue weighted by molar-refractivity contribution is -0.176. The number of esters is 1. The van der Waals surface area contributed by atoms with E-state index in [1.807, 2.05) is 0 Å². The molecule has 0 aliphatic rings. The Morgan fingerprint density at radius 3 is 2.25 bits per heavy atom. The predicted molar refractivity (Wildman–Crippen MR) is 142 cm³/mol. The van der Waals surface area contributed by atoms with Crippen molar-refractivity contribution in [2.45, 2.75) is 51.6 Å². The normalized spacial score (nSPS) is 13.4. The Hall–Kier alpha value is -3.64. The maximum absolute atomic E-state index is 12.9. The van der Waals surface area contributed by atoms with Gasteiger partial charge in [0.15, 0.2) is 0 Å². The van der Waals surface area contributed by atoms with Gasteiger partial charge in [-0.1, -0.05) is 61.5 Å². The molecule has 220 valence electrons. The average molecular weight is 568 g/mol. The fourth-order valence-electron chi connectivity index (χ4n) is 3.38. The second-order valence-corrected chi connectivity index (χ2v) is 9.17. The molecule has 0 fully saturated rings. The molecule has 3 N–H and O–H groups in total. The second-order valence-electron chi connectivity index (χ2n) is 9.17. The van der Waals surface area contributed by atoms with Crippen molar-refractivity contribution in [3.05, 3.63) is 71.3 Å². The number of benzene rings is 2. The van der Waals surface area contributed by atoms with Gasteiger partial charge < -0.3 is 30.1 Å². The van der Waals surface area contributed by atoms with E-state index in [1.54, 1.807) is 51.3 Å². The summed E-state index contributed by atoms with van der Waals surface area (Å²) < 4.78 is 54.3. The summed E-state index contributed by atoms with van der Waals surface area (Å²) in [6, 6.07) is 12.3. The summed E-state index contributed by atoms with van der Waals surface area (Å²) in [6.07, 6.45) is -4.57. The summed E-state index contributed by atoms with van der Waals surface area (Å²) in [5.74, 6) is -1.08. The second kappa shape index (κ2) is 16.5. The van der Waals surface area contributed by atoms with Crippen molar-refractivity contribution in [3.63, 3.8) is 0 Å². The first-order chi connectivity index (χ1) is 19.0. The first-order valence-corrected chi connectivity index (χ1v) is 12.8. The number of hydrogen-bond acceptors (Lipinski definition) is 8. The molecule has 2 atom stereocenters. The van der Waals surface area contributed by atoms with Crippen LogP contribution in [0.4, 0.5) is 18.0 Å². The number of amides is 1. The number of carbonyl (C=O) groups excluding carboxylic acids is 2. The number of rotatable bonds is 15. The third-order valence-electron chi connectivity index (χ3n) is 5.61. The SMILES string of the molecule is COCCCC/C(=N\OCCNC(=O)OC(OC(=O)C(N)c1ccccc1)C(C)C)c1ccc(C(F)(F)F)cc1. The van der Waals surface area contributed by atoms with Crippen molar-refractivity contribution in [2.24, 2.45) is 16.8 Å². The van der Waals surface area contributed by atoms with Gasteiger partial charge in [0, 0.05) is 19.6 Å². The highest BCUT2D eigenvalue weighted by Crippen LogP contribution is 2.29. The van der Waals surface area contributed by atoms with Gasteiger partial charge in [0.2, 0.25) is 0 Å². The van der Waals surface area contributed by atoms with E-state index in [0.29, 0.717) is 36.3 Å². The molecular weight excluding hydrogens is 531 g/mol. The predicted octanol–water partition coefficient (Wildman–Crippen LogP) is 5.19. The zero-order valence-corrected chi connectivity index (χ0v) is 22.8. The van der Waals surface area contributed by atoms with Gasteiger partial charge in [0.05, 0.1) is 17.8 Å². The van der Waals surface area contributed by atoms with Crippen molar-refractivity contribution in [3.8, 4) is 0 Å². The molecule has 0 heterocycles. The van der Waals surface area contributed by atoms with Crippen LogP contribution in [-0.4, -0.2) is 50.9 Å². The molecule has 2 unspecified atom stereocenters. The third kappa shape index (κ3) is 11.2. The van der Waals surface area contributed by atoms with Crippen LogP contribution in [0, 0.1) is 5.92 Å². The Balaban J connectivity index is 1.88. The Morgan fingerprint density at radius 1 is 0.975 bits per heavy atom. The van der Waals surface area contributed by atoms with Crippen molar-refractivity contribution >= 4 is 17.8 Å². The number of halogens is 3. The molecule has 12 heteroatoms. The van der Waals surface area contributed by atoms with Crippen LogP contribution in [0.2, 0.25) is 0 Å². The summed E-state index contributed by atoms with van der Waals surface area (Å²) in [5.41, 5.74) is 6.72. The van der Waals surface area contributed by atoms with Crippen LogP contribution in [0.3, 0.4) is 0 Å². The minimum atomic E-state index is -4.44. The molecular formula is C28H36F3N3O6. The number of alkyl halides is 3. The lowest BCUT2D eigenvalue weighted by atomic mass is 10.0. The minimum Gasteiger partial charge on any atom is -0.423 e. The first-order valence-electron chi connectivity index (χ1n) is 12.8. The van der Waals surface area contributed by atoms with E-state index < -0.39 is 36.1 Å². The van der Waals surface area contributed by atoms with Gasteiger partial charge in [-0.3, -0.25) is 0 Å². The van der Waals surface area contributed by atoms with Crippen molar-refractivity contribution in [1.82, 2.24) is 5.32 Å². The number of alkyl carbamates (subject to hydrolysis) is 1. The van der Waals surface area contributed by atoms with Gasteiger partial charge >= 0.3 is 18.2 Å². The van der Waals surface area contributed by atoms with Crippen molar-refractivity contribution in [1.29, 1.82) is 0 Å². The number of unbranched alkanes of at least 4 members (excludes halogenated alkanes) is 1. The third-order valence-corrected chi connectivity index (χ3v) is 5.61. The lowest BCUT2D eigenvalue weighted by Gasteiger charge is -2.23. The van der Waals surface area contributed by atoms with Crippen molar-refractivity contribution < 1.29 is 41.8 Å². The van der Waals surface area contributed by atoms with Crippen LogP contribution in [-0.2, 0) is 30.0 Å². The summed E-state index contributed by atoms with van der Waals surface area (Å²) in [4.78, 5) is 30.0. The van der Waals surface area contributed by atoms with Gasteiger partial charge in [-0.15, -0.1) is 0 Å². The maximum Gasteiger partial charge on any atom is 0.416 e. The molecule has 0 aliphatic heterocycles. The molecule has 0 aromatic heterocycles. The van der Waals surface area contributed by atoms with Gasteiger partial charge in [-0.05, 0) is 42.5 Å². The zero-order valence-electron chi connectivity index (χ0n) is 22.8. The Morgan fingerprint density at radius 2 is 1.65 bits per heavy atom. The van der Waals surface area contributed by atoms with E-state index in [-0.39, 0.29) is 19.1 Å². The fourth-order valence-corrected chi connectivity index (χ4v) is 3.38. The number of hydrogen-bond donors (Lipinski definition) is 2. The van der Waals surface area contributed by atoms with Gasteiger partial charge in [0.25, 0.3) is 6.29 Å². The topological polar surface area (TPSA) is 121 Å². The number of methoxy groups -OCH3 is 1. The van der Waals surface area contributed by atoms with Gasteiger partial charge in [-0.2, -0.15) is 13.2 Å². The summed E-state index contributed by atoms with van der Waals surface area (Å²) in [5, 5.41) is 6.56. The molecule has 9 nitrogen and oxygen atoms in total. The number of carbonyl (C=O) groups is 2. The van der Waals surface area contributed by atoms with Crippen LogP contribution in [0.1, 0.15) is 55.8 Å². The molecule has 0 radical (unpaired) electrons. The number of nitrogens with zero attached hydrogens (tertiary/aromatic N) is 1. The Bertz CT molecular complexity index is 1080. The van der Waals surface area contributed by atoms with E-state index in [4.69, 9.17) is 24.8 Å². The van der Waals surface area contributed by atoms with Crippen LogP contribution in [0.15, 0.2) is 59.8 Å². The van der Waals surface area contributed by atoms with Crippen LogP contribution in [0.25, 0.3) is 0 Å². The summed E-state index contributed by atoms with van der Waals surface area (Å²) in [7, 11) is 1.58. The first kappa shape index (κ1) is 32.6. The zero-order chi connectivity index (χ0) is 29.5. The highest BCUT2D eigenvalue weighted by Gasteiger charge is 2.30. The number of nitrogens with two attached hydrogens (primary N) is 1. The quantitative estimate of drug-likeness (QED) is 0.0998. The van der Waals surface area contributed by atoms with E-state index in [0.717, 1.165) is 18.6 Å². The van der Waals surface area contributed by atoms with Crippen LogP contribution >= 0.6 is 0 Å². The van der Waals surface area contributed by atoms with E-state index in [1.165, 1.54) is 12.1 Å². The smallest absolute Gasteiger partial charge is 0.416 e. The van der Waals surface area contributed by atoms with Gasteiger partial charge in [-0.25, -0.2) is 9.59 Å². The van der Waals surface area contributed by atoms with Crippen LogP contribution < -0.4 is 11.1 Å². The summed E-state index contributed by atoms with van der Waals surface area (Å²) in [6.45, 7) is 3.94. The summed E-state index contributed by atoms with van der Waals surface area (Å²) >= 11 is 0. The van der Waals surface area contributed by atoms with E-state index >= 15 is 0 Å². The highest BCUT2D eigenvalue weighted by molar-refractivity contribution is 6.00. The molecule has 2 aromatic rings. The molecule has 40 heavy (non-hydrogen) atoms. The van der Waals surface area contributed by atoms with Crippen LogP contribution in [0.5, 0.6) is 0 Å². The number of oxime groups is 1. The molecule has 0 bridgehead atoms. The number of ether oxygens (including phenoxy) is 3. The van der Waals surface area contributed by atoms with Gasteiger partial charge in [0.1, 0.15) is 12.6 Å². The molecule has 0 aliphatic carbocycles. The lowest BCUT2D eigenvalue weighted by Crippen LogP contribution is -2.37. The minimum absolute atomic E-state index is 0.00852.